The molecule has 1 saturated heterocycles. The third-order valence-electron chi connectivity index (χ3n) is 6.76. The molecule has 4 heteroatoms. The Morgan fingerprint density at radius 1 is 1.19 bits per heavy atom. The molecule has 2 bridgehead atoms. The minimum atomic E-state index is -1.53. The minimum absolute atomic E-state index is 0.0590. The van der Waals surface area contributed by atoms with Crippen molar-refractivity contribution in [2.45, 2.75) is 62.6 Å². The molecule has 0 amide bonds. The van der Waals surface area contributed by atoms with Crippen molar-refractivity contribution in [2.75, 3.05) is 13.7 Å². The fraction of sp³-hybridized carbons (Fsp3) is 0.591. The Morgan fingerprint density at radius 2 is 1.92 bits per heavy atom. The molecule has 1 aliphatic carbocycles. The van der Waals surface area contributed by atoms with Gasteiger partial charge in [0.15, 0.2) is 5.60 Å². The lowest BCUT2D eigenvalue weighted by atomic mass is 9.80. The molecule has 2 fully saturated rings. The maximum absolute atomic E-state index is 13.1. The molecule has 3 atom stereocenters. The molecule has 4 rings (SSSR count). The summed E-state index contributed by atoms with van der Waals surface area (Å²) in [5, 5.41) is 11.5. The van der Waals surface area contributed by atoms with E-state index in [1.165, 1.54) is 12.0 Å². The van der Waals surface area contributed by atoms with Gasteiger partial charge in [0.1, 0.15) is 6.61 Å². The molecule has 1 aromatic carbocycles. The number of carbonyl (C=O) groups is 1. The van der Waals surface area contributed by atoms with E-state index in [-0.39, 0.29) is 5.92 Å². The summed E-state index contributed by atoms with van der Waals surface area (Å²) in [4.78, 5) is 15.5. The lowest BCUT2D eigenvalue weighted by Gasteiger charge is -2.34. The zero-order valence-corrected chi connectivity index (χ0v) is 15.6. The third-order valence-corrected chi connectivity index (χ3v) is 6.76. The number of carbonyl (C=O) groups excluding carboxylic acids is 1. The Labute approximate surface area is 155 Å². The first-order chi connectivity index (χ1) is 12.6. The Bertz CT molecular complexity index is 680. The molecule has 4 nitrogen and oxygen atoms in total. The van der Waals surface area contributed by atoms with Gasteiger partial charge in [-0.05, 0) is 50.3 Å². The molecule has 26 heavy (non-hydrogen) atoms. The summed E-state index contributed by atoms with van der Waals surface area (Å²) in [7, 11) is 2.16. The van der Waals surface area contributed by atoms with Gasteiger partial charge >= 0.3 is 5.97 Å². The first-order valence-corrected chi connectivity index (χ1v) is 9.96. The molecular weight excluding hydrogens is 326 g/mol. The van der Waals surface area contributed by atoms with E-state index in [2.05, 4.69) is 18.0 Å². The van der Waals surface area contributed by atoms with Crippen LogP contribution in [0.5, 0.6) is 0 Å². The maximum Gasteiger partial charge on any atom is 0.343 e. The maximum atomic E-state index is 13.1. The van der Waals surface area contributed by atoms with Crippen LogP contribution in [0.25, 0.3) is 0 Å². The van der Waals surface area contributed by atoms with Crippen molar-refractivity contribution in [1.82, 2.24) is 4.90 Å². The fourth-order valence-electron chi connectivity index (χ4n) is 5.14. The van der Waals surface area contributed by atoms with Gasteiger partial charge in [-0.15, -0.1) is 0 Å². The van der Waals surface area contributed by atoms with Crippen LogP contribution in [0.3, 0.4) is 0 Å². The van der Waals surface area contributed by atoms with E-state index in [0.717, 1.165) is 38.5 Å². The number of hydrogen-bond acceptors (Lipinski definition) is 4. The number of likely N-dealkylation sites (N-methyl/N-ethyl adjacent to an activating group) is 1. The molecule has 0 aromatic heterocycles. The highest BCUT2D eigenvalue weighted by Crippen LogP contribution is 2.42. The van der Waals surface area contributed by atoms with Gasteiger partial charge in [0.05, 0.1) is 0 Å². The molecule has 0 radical (unpaired) electrons. The van der Waals surface area contributed by atoms with Crippen LogP contribution in [0.1, 0.15) is 50.5 Å². The smallest absolute Gasteiger partial charge is 0.343 e. The lowest BCUT2D eigenvalue weighted by Crippen LogP contribution is -2.44. The Hall–Kier alpha value is -1.65. The molecule has 2 aliphatic heterocycles. The van der Waals surface area contributed by atoms with Gasteiger partial charge in [-0.1, -0.05) is 49.2 Å². The topological polar surface area (TPSA) is 49.8 Å². The van der Waals surface area contributed by atoms with E-state index in [0.29, 0.717) is 24.3 Å². The second-order valence-electron chi connectivity index (χ2n) is 8.12. The fourth-order valence-corrected chi connectivity index (χ4v) is 5.14. The number of hydrogen-bond donors (Lipinski definition) is 1. The van der Waals surface area contributed by atoms with E-state index < -0.39 is 11.6 Å². The van der Waals surface area contributed by atoms with Gasteiger partial charge in [-0.3, -0.25) is 4.90 Å². The summed E-state index contributed by atoms with van der Waals surface area (Å²) in [5.74, 6) is -0.546. The summed E-state index contributed by atoms with van der Waals surface area (Å²) in [6, 6.07) is 10.4. The Kier molecular flexibility index (Phi) is 4.89. The second kappa shape index (κ2) is 7.16. The van der Waals surface area contributed by atoms with Gasteiger partial charge in [-0.25, -0.2) is 4.79 Å². The van der Waals surface area contributed by atoms with E-state index in [9.17, 15) is 9.90 Å². The molecule has 140 valence electrons. The van der Waals surface area contributed by atoms with Crippen molar-refractivity contribution in [3.63, 3.8) is 0 Å². The average Bonchev–Trinajstić information content (AvgIpc) is 3.28. The van der Waals surface area contributed by atoms with Crippen LogP contribution in [-0.4, -0.2) is 41.7 Å². The lowest BCUT2D eigenvalue weighted by molar-refractivity contribution is -0.173. The van der Waals surface area contributed by atoms with Gasteiger partial charge < -0.3 is 9.84 Å². The van der Waals surface area contributed by atoms with Crippen LogP contribution in [0.2, 0.25) is 0 Å². The zero-order valence-electron chi connectivity index (χ0n) is 15.6. The largest absolute Gasteiger partial charge is 0.459 e. The summed E-state index contributed by atoms with van der Waals surface area (Å²) in [6.45, 7) is 0.294. The predicted octanol–water partition coefficient (Wildman–Crippen LogP) is 3.40. The molecular formula is C22H29NO3. The SMILES string of the molecule is CN1[C@@H]2CC=C(COC(=O)C(O)(c3ccccc3)C3CCCC3)[C@H]1CC2. The van der Waals surface area contributed by atoms with E-state index in [1.54, 1.807) is 0 Å². The number of nitrogens with zero attached hydrogens (tertiary/aromatic N) is 1. The van der Waals surface area contributed by atoms with E-state index in [4.69, 9.17) is 4.74 Å². The van der Waals surface area contributed by atoms with Crippen LogP contribution in [0.4, 0.5) is 0 Å². The van der Waals surface area contributed by atoms with Crippen LogP contribution in [0.15, 0.2) is 42.0 Å². The average molecular weight is 355 g/mol. The summed E-state index contributed by atoms with van der Waals surface area (Å²) < 4.78 is 5.73. The van der Waals surface area contributed by atoms with E-state index >= 15 is 0 Å². The summed E-state index contributed by atoms with van der Waals surface area (Å²) >= 11 is 0. The molecule has 1 unspecified atom stereocenters. The highest BCUT2D eigenvalue weighted by molar-refractivity contribution is 5.81. The van der Waals surface area contributed by atoms with Crippen LogP contribution in [-0.2, 0) is 15.1 Å². The summed E-state index contributed by atoms with van der Waals surface area (Å²) in [5.41, 5.74) is 0.320. The van der Waals surface area contributed by atoms with Crippen LogP contribution in [0, 0.1) is 5.92 Å². The number of benzene rings is 1. The van der Waals surface area contributed by atoms with Gasteiger partial charge in [0.2, 0.25) is 0 Å². The van der Waals surface area contributed by atoms with Crippen molar-refractivity contribution in [2.24, 2.45) is 5.92 Å². The van der Waals surface area contributed by atoms with Crippen molar-refractivity contribution in [1.29, 1.82) is 0 Å². The van der Waals surface area contributed by atoms with Crippen molar-refractivity contribution in [3.8, 4) is 0 Å². The van der Waals surface area contributed by atoms with Crippen molar-refractivity contribution >= 4 is 5.97 Å². The number of fused-ring (bicyclic) bond motifs is 2. The molecule has 1 N–H and O–H groups in total. The molecule has 0 spiro atoms. The third kappa shape index (κ3) is 2.99. The van der Waals surface area contributed by atoms with Gasteiger partial charge in [0.25, 0.3) is 0 Å². The Morgan fingerprint density at radius 3 is 2.65 bits per heavy atom. The molecule has 2 heterocycles. The second-order valence-corrected chi connectivity index (χ2v) is 8.12. The Balaban J connectivity index is 1.51. The molecule has 1 aromatic rings. The van der Waals surface area contributed by atoms with Crippen molar-refractivity contribution in [3.05, 3.63) is 47.5 Å². The molecule has 1 saturated carbocycles. The number of rotatable bonds is 5. The van der Waals surface area contributed by atoms with Gasteiger partial charge in [-0.2, -0.15) is 0 Å². The predicted molar refractivity (Wildman–Crippen MR) is 101 cm³/mol. The number of ether oxygens (including phenoxy) is 1. The quantitative estimate of drug-likeness (QED) is 0.650. The number of aliphatic hydroxyl groups is 1. The first-order valence-electron chi connectivity index (χ1n) is 9.96. The monoisotopic (exact) mass is 355 g/mol. The number of esters is 1. The molecule has 3 aliphatic rings. The minimum Gasteiger partial charge on any atom is -0.459 e. The highest BCUT2D eigenvalue weighted by atomic mass is 16.5. The van der Waals surface area contributed by atoms with Gasteiger partial charge in [0, 0.05) is 18.0 Å². The highest BCUT2D eigenvalue weighted by Gasteiger charge is 2.48. The zero-order chi connectivity index (χ0) is 18.1. The standard InChI is InChI=1S/C22H29NO3/c1-23-19-12-11-16(20(23)14-13-19)15-26-21(24)22(25,18-9-5-6-10-18)17-7-3-2-4-8-17/h2-4,7-8,11,18-20,25H,5-6,9-10,12-15H2,1H3/t19-,20-,22?/m1/s1. The first kappa shape index (κ1) is 17.7. The van der Waals surface area contributed by atoms with Crippen LogP contribution >= 0.6 is 0 Å². The van der Waals surface area contributed by atoms with Crippen LogP contribution < -0.4 is 0 Å². The van der Waals surface area contributed by atoms with Crippen molar-refractivity contribution < 1.29 is 14.6 Å². The van der Waals surface area contributed by atoms with E-state index in [1.807, 2.05) is 30.3 Å². The summed E-state index contributed by atoms with van der Waals surface area (Å²) in [6.07, 6.45) is 9.49. The normalized spacial score (nSPS) is 28.6.